The highest BCUT2D eigenvalue weighted by Gasteiger charge is 2.25. The van der Waals surface area contributed by atoms with Crippen molar-refractivity contribution >= 4 is 18.1 Å². The summed E-state index contributed by atoms with van der Waals surface area (Å²) in [5.41, 5.74) is 1.89. The van der Waals surface area contributed by atoms with Crippen LogP contribution in [0.25, 0.3) is 11.5 Å². The molecule has 9 heteroatoms. The number of piperidine rings is 1. The van der Waals surface area contributed by atoms with Crippen molar-refractivity contribution in [2.75, 3.05) is 19.9 Å². The molecule has 1 saturated heterocycles. The normalized spacial score (nSPS) is 16.2. The Balaban J connectivity index is 1.15. The van der Waals surface area contributed by atoms with Crippen LogP contribution in [0.4, 0.5) is 0 Å². The molecule has 0 aliphatic carbocycles. The van der Waals surface area contributed by atoms with E-state index in [2.05, 4.69) is 15.3 Å². The first-order valence-corrected chi connectivity index (χ1v) is 11.1. The van der Waals surface area contributed by atoms with Crippen molar-refractivity contribution < 1.29 is 18.7 Å². The summed E-state index contributed by atoms with van der Waals surface area (Å²) in [6.45, 7) is 2.92. The minimum absolute atomic E-state index is 0.0319. The third-order valence-electron chi connectivity index (χ3n) is 5.83. The molecule has 0 bridgehead atoms. The largest absolute Gasteiger partial charge is 0.454 e. The zero-order valence-corrected chi connectivity index (χ0v) is 18.3. The van der Waals surface area contributed by atoms with E-state index in [0.29, 0.717) is 35.4 Å². The molecule has 2 aliphatic rings. The van der Waals surface area contributed by atoms with E-state index in [1.54, 1.807) is 4.68 Å². The maximum absolute atomic E-state index is 12.5. The van der Waals surface area contributed by atoms with Crippen LogP contribution in [0.5, 0.6) is 11.5 Å². The number of ether oxygens (including phenoxy) is 2. The second kappa shape index (κ2) is 9.13. The lowest BCUT2D eigenvalue weighted by atomic mass is 9.96. The second-order valence-corrected chi connectivity index (χ2v) is 8.33. The van der Waals surface area contributed by atoms with Crippen LogP contribution >= 0.6 is 12.2 Å². The molecule has 0 atom stereocenters. The smallest absolute Gasteiger partial charge is 0.288 e. The summed E-state index contributed by atoms with van der Waals surface area (Å²) < 4.78 is 18.2. The minimum Gasteiger partial charge on any atom is -0.454 e. The molecule has 5 rings (SSSR count). The number of aromatic nitrogens is 2. The number of nitrogens with one attached hydrogen (secondary N) is 1. The van der Waals surface area contributed by atoms with Crippen molar-refractivity contribution in [3.05, 3.63) is 58.9 Å². The number of hydrogen-bond acceptors (Lipinski definition) is 7. The Labute approximate surface area is 190 Å². The summed E-state index contributed by atoms with van der Waals surface area (Å²) in [4.78, 5) is 15.1. The van der Waals surface area contributed by atoms with E-state index in [-0.39, 0.29) is 18.6 Å². The van der Waals surface area contributed by atoms with Gasteiger partial charge in [0.1, 0.15) is 0 Å². The minimum atomic E-state index is 0.0319. The molecule has 32 heavy (non-hydrogen) atoms. The van der Waals surface area contributed by atoms with E-state index >= 15 is 0 Å². The van der Waals surface area contributed by atoms with Gasteiger partial charge in [-0.25, -0.2) is 4.68 Å². The van der Waals surface area contributed by atoms with Crippen molar-refractivity contribution in [3.8, 4) is 23.0 Å². The fraction of sp³-hybridized carbons (Fsp3) is 0.348. The van der Waals surface area contributed by atoms with Crippen LogP contribution in [0.2, 0.25) is 0 Å². The molecule has 1 fully saturated rings. The van der Waals surface area contributed by atoms with Gasteiger partial charge < -0.3 is 19.2 Å². The lowest BCUT2D eigenvalue weighted by molar-refractivity contribution is -0.126. The zero-order valence-electron chi connectivity index (χ0n) is 17.5. The molecule has 166 valence electrons. The van der Waals surface area contributed by atoms with Crippen molar-refractivity contribution in [3.63, 3.8) is 0 Å². The van der Waals surface area contributed by atoms with Crippen molar-refractivity contribution in [1.29, 1.82) is 0 Å². The van der Waals surface area contributed by atoms with Crippen LogP contribution in [0.15, 0.2) is 52.9 Å². The number of rotatable bonds is 6. The summed E-state index contributed by atoms with van der Waals surface area (Å²) in [5, 5.41) is 7.60. The van der Waals surface area contributed by atoms with E-state index in [1.165, 1.54) is 0 Å². The maximum atomic E-state index is 12.5. The quantitative estimate of drug-likeness (QED) is 0.573. The lowest BCUT2D eigenvalue weighted by Crippen LogP contribution is -2.41. The predicted octanol–water partition coefficient (Wildman–Crippen LogP) is 3.59. The van der Waals surface area contributed by atoms with E-state index in [0.717, 1.165) is 37.1 Å². The van der Waals surface area contributed by atoms with Gasteiger partial charge in [-0.05, 0) is 48.8 Å². The standard InChI is InChI=1S/C23H24N4O4S/c28-21(24-13-16-4-2-1-3-5-16)17-8-10-26(11-9-17)14-27-23(32)31-22(25-27)18-6-7-19-20(12-18)30-15-29-19/h1-7,12,17H,8-11,13-15H2,(H,24,28). The number of amides is 1. The molecule has 2 aliphatic heterocycles. The van der Waals surface area contributed by atoms with Gasteiger partial charge in [0.15, 0.2) is 11.5 Å². The van der Waals surface area contributed by atoms with Crippen LogP contribution in [0, 0.1) is 10.8 Å². The Hall–Kier alpha value is -3.17. The number of carbonyl (C=O) groups excluding carboxylic acids is 1. The highest BCUT2D eigenvalue weighted by molar-refractivity contribution is 7.71. The fourth-order valence-corrected chi connectivity index (χ4v) is 4.17. The molecule has 2 aromatic carbocycles. The monoisotopic (exact) mass is 452 g/mol. The summed E-state index contributed by atoms with van der Waals surface area (Å²) in [6.07, 6.45) is 1.61. The maximum Gasteiger partial charge on any atom is 0.288 e. The van der Waals surface area contributed by atoms with Crippen LogP contribution < -0.4 is 14.8 Å². The molecule has 8 nitrogen and oxygen atoms in total. The molecule has 0 unspecified atom stereocenters. The lowest BCUT2D eigenvalue weighted by Gasteiger charge is -2.30. The molecule has 3 aromatic rings. The molecular formula is C23H24N4O4S. The van der Waals surface area contributed by atoms with Gasteiger partial charge in [0.2, 0.25) is 18.6 Å². The molecule has 1 aromatic heterocycles. The molecule has 1 N–H and O–H groups in total. The molecule has 0 spiro atoms. The fourth-order valence-electron chi connectivity index (χ4n) is 4.00. The van der Waals surface area contributed by atoms with E-state index in [1.807, 2.05) is 48.5 Å². The first kappa shape index (κ1) is 20.7. The van der Waals surface area contributed by atoms with Crippen LogP contribution in [0.1, 0.15) is 18.4 Å². The Morgan fingerprint density at radius 1 is 1.09 bits per heavy atom. The number of hydrogen-bond donors (Lipinski definition) is 1. The van der Waals surface area contributed by atoms with E-state index in [9.17, 15) is 4.79 Å². The number of likely N-dealkylation sites (tertiary alicyclic amines) is 1. The molecule has 0 radical (unpaired) electrons. The van der Waals surface area contributed by atoms with Gasteiger partial charge in [0, 0.05) is 31.1 Å². The average Bonchev–Trinajstić information content (AvgIpc) is 3.44. The van der Waals surface area contributed by atoms with Crippen molar-refractivity contribution in [1.82, 2.24) is 20.0 Å². The van der Waals surface area contributed by atoms with Gasteiger partial charge >= 0.3 is 0 Å². The number of fused-ring (bicyclic) bond motifs is 1. The molecule has 1 amide bonds. The molecule has 0 saturated carbocycles. The Morgan fingerprint density at radius 3 is 2.69 bits per heavy atom. The number of nitrogens with zero attached hydrogens (tertiary/aromatic N) is 3. The topological polar surface area (TPSA) is 81.8 Å². The highest BCUT2D eigenvalue weighted by atomic mass is 32.1. The van der Waals surface area contributed by atoms with Gasteiger partial charge in [-0.2, -0.15) is 0 Å². The van der Waals surface area contributed by atoms with Gasteiger partial charge in [-0.15, -0.1) is 5.10 Å². The van der Waals surface area contributed by atoms with Crippen molar-refractivity contribution in [2.45, 2.75) is 26.1 Å². The van der Waals surface area contributed by atoms with Crippen molar-refractivity contribution in [2.24, 2.45) is 5.92 Å². The summed E-state index contributed by atoms with van der Waals surface area (Å²) in [7, 11) is 0. The zero-order chi connectivity index (χ0) is 21.9. The Bertz CT molecular complexity index is 1150. The van der Waals surface area contributed by atoms with Crippen LogP contribution in [-0.4, -0.2) is 40.5 Å². The number of carbonyl (C=O) groups is 1. The first-order valence-electron chi connectivity index (χ1n) is 10.7. The Morgan fingerprint density at radius 2 is 1.88 bits per heavy atom. The summed E-state index contributed by atoms with van der Waals surface area (Å²) in [5.74, 6) is 1.98. The predicted molar refractivity (Wildman–Crippen MR) is 119 cm³/mol. The van der Waals surface area contributed by atoms with Gasteiger partial charge in [-0.1, -0.05) is 30.3 Å². The third-order valence-corrected chi connectivity index (χ3v) is 6.12. The van der Waals surface area contributed by atoms with Gasteiger partial charge in [-0.3, -0.25) is 9.69 Å². The third kappa shape index (κ3) is 4.53. The van der Waals surface area contributed by atoms with Gasteiger partial charge in [0.05, 0.1) is 6.67 Å². The van der Waals surface area contributed by atoms with Gasteiger partial charge in [0.25, 0.3) is 4.84 Å². The molecule has 3 heterocycles. The average molecular weight is 453 g/mol. The van der Waals surface area contributed by atoms with E-state index < -0.39 is 0 Å². The summed E-state index contributed by atoms with van der Waals surface area (Å²) >= 11 is 5.37. The number of benzene rings is 2. The highest BCUT2D eigenvalue weighted by Crippen LogP contribution is 2.35. The molecular weight excluding hydrogens is 428 g/mol. The second-order valence-electron chi connectivity index (χ2n) is 7.98. The van der Waals surface area contributed by atoms with E-state index in [4.69, 9.17) is 26.1 Å². The Kier molecular flexibility index (Phi) is 5.91. The summed E-state index contributed by atoms with van der Waals surface area (Å²) in [6, 6.07) is 15.5. The van der Waals surface area contributed by atoms with Crippen LogP contribution in [-0.2, 0) is 18.0 Å². The van der Waals surface area contributed by atoms with Crippen LogP contribution in [0.3, 0.4) is 0 Å². The first-order chi connectivity index (χ1) is 15.7. The SMILES string of the molecule is O=C(NCc1ccccc1)C1CCN(Cn2nc(-c3ccc4c(c3)OCO4)oc2=S)CC1.